The van der Waals surface area contributed by atoms with E-state index in [1.807, 2.05) is 27.0 Å². The van der Waals surface area contributed by atoms with Crippen molar-refractivity contribution in [2.24, 2.45) is 10.4 Å². The second kappa shape index (κ2) is 9.44. The molecule has 0 bridgehead atoms. The van der Waals surface area contributed by atoms with Crippen molar-refractivity contribution in [1.29, 1.82) is 0 Å². The summed E-state index contributed by atoms with van der Waals surface area (Å²) in [6, 6.07) is 8.37. The standard InChI is InChI=1S/C23H37N3O2/c1-22(2,3)12-9-13-24-18-19-10-7-8-11-20(19)25-14-16-26(17-15-25)21(27)28-23(4,5)6/h7-8,10-11,18H,9,12-17H2,1-6H3/b24-18+. The number of piperazine rings is 1. The van der Waals surface area contributed by atoms with Crippen molar-refractivity contribution in [3.63, 3.8) is 0 Å². The largest absolute Gasteiger partial charge is 0.444 e. The Balaban J connectivity index is 1.92. The van der Waals surface area contributed by atoms with E-state index in [1.54, 1.807) is 4.90 Å². The van der Waals surface area contributed by atoms with Gasteiger partial charge in [-0.15, -0.1) is 0 Å². The predicted octanol–water partition coefficient (Wildman–Crippen LogP) is 4.99. The highest BCUT2D eigenvalue weighted by molar-refractivity contribution is 5.88. The molecule has 1 aliphatic heterocycles. The Labute approximate surface area is 170 Å². The normalized spacial score (nSPS) is 15.9. The topological polar surface area (TPSA) is 45.1 Å². The molecule has 2 rings (SSSR count). The summed E-state index contributed by atoms with van der Waals surface area (Å²) < 4.78 is 5.49. The van der Waals surface area contributed by atoms with E-state index in [9.17, 15) is 4.79 Å². The van der Waals surface area contributed by atoms with Crippen LogP contribution in [0, 0.1) is 5.41 Å². The van der Waals surface area contributed by atoms with Gasteiger partial charge in [-0.05, 0) is 45.1 Å². The first-order chi connectivity index (χ1) is 13.1. The van der Waals surface area contributed by atoms with Gasteiger partial charge in [-0.2, -0.15) is 0 Å². The van der Waals surface area contributed by atoms with Gasteiger partial charge in [0.2, 0.25) is 0 Å². The summed E-state index contributed by atoms with van der Waals surface area (Å²) in [5.74, 6) is 0. The minimum Gasteiger partial charge on any atom is -0.444 e. The van der Waals surface area contributed by atoms with Gasteiger partial charge in [0.25, 0.3) is 0 Å². The third kappa shape index (κ3) is 7.53. The number of aliphatic imine (C=N–C) groups is 1. The Morgan fingerprint density at radius 1 is 1.07 bits per heavy atom. The lowest BCUT2D eigenvalue weighted by Gasteiger charge is -2.37. The minimum atomic E-state index is -0.454. The number of carbonyl (C=O) groups is 1. The molecule has 0 N–H and O–H groups in total. The summed E-state index contributed by atoms with van der Waals surface area (Å²) in [6.45, 7) is 16.3. The van der Waals surface area contributed by atoms with E-state index >= 15 is 0 Å². The van der Waals surface area contributed by atoms with Crippen LogP contribution in [0.25, 0.3) is 0 Å². The van der Waals surface area contributed by atoms with Crippen molar-refractivity contribution in [3.8, 4) is 0 Å². The molecule has 1 saturated heterocycles. The lowest BCUT2D eigenvalue weighted by atomic mass is 9.91. The molecule has 1 fully saturated rings. The third-order valence-corrected chi connectivity index (χ3v) is 4.65. The first kappa shape index (κ1) is 22.3. The van der Waals surface area contributed by atoms with Gasteiger partial charge < -0.3 is 14.5 Å². The number of rotatable bonds is 5. The first-order valence-corrected chi connectivity index (χ1v) is 10.4. The molecule has 0 radical (unpaired) electrons. The quantitative estimate of drug-likeness (QED) is 0.528. The van der Waals surface area contributed by atoms with Crippen molar-refractivity contribution >= 4 is 18.0 Å². The number of amides is 1. The molecule has 0 spiro atoms. The van der Waals surface area contributed by atoms with E-state index in [0.29, 0.717) is 18.5 Å². The zero-order chi connectivity index (χ0) is 20.8. The first-order valence-electron chi connectivity index (χ1n) is 10.4. The monoisotopic (exact) mass is 387 g/mol. The zero-order valence-electron chi connectivity index (χ0n) is 18.5. The molecule has 156 valence electrons. The van der Waals surface area contributed by atoms with Gasteiger partial charge in [-0.3, -0.25) is 4.99 Å². The summed E-state index contributed by atoms with van der Waals surface area (Å²) in [6.07, 6.45) is 4.06. The maximum Gasteiger partial charge on any atom is 0.410 e. The molecular formula is C23H37N3O2. The van der Waals surface area contributed by atoms with Crippen molar-refractivity contribution in [3.05, 3.63) is 29.8 Å². The van der Waals surface area contributed by atoms with Gasteiger partial charge in [0, 0.05) is 50.2 Å². The number of para-hydroxylation sites is 1. The average molecular weight is 388 g/mol. The third-order valence-electron chi connectivity index (χ3n) is 4.65. The van der Waals surface area contributed by atoms with Crippen LogP contribution in [0.1, 0.15) is 59.9 Å². The smallest absolute Gasteiger partial charge is 0.410 e. The summed E-state index contributed by atoms with van der Waals surface area (Å²) in [4.78, 5) is 21.0. The number of carbonyl (C=O) groups excluding carboxylic acids is 1. The fourth-order valence-corrected chi connectivity index (χ4v) is 3.20. The van der Waals surface area contributed by atoms with Crippen LogP contribution in [0.5, 0.6) is 0 Å². The number of benzene rings is 1. The molecule has 1 heterocycles. The van der Waals surface area contributed by atoms with Gasteiger partial charge in [-0.25, -0.2) is 4.79 Å². The van der Waals surface area contributed by atoms with Gasteiger partial charge >= 0.3 is 6.09 Å². The summed E-state index contributed by atoms with van der Waals surface area (Å²) in [5.41, 5.74) is 2.24. The Bertz CT molecular complexity index is 663. The molecule has 0 saturated carbocycles. The van der Waals surface area contributed by atoms with Crippen molar-refractivity contribution in [2.75, 3.05) is 37.6 Å². The second-order valence-electron chi connectivity index (χ2n) is 9.71. The molecule has 5 heteroatoms. The van der Waals surface area contributed by atoms with Crippen molar-refractivity contribution < 1.29 is 9.53 Å². The molecule has 0 unspecified atom stereocenters. The van der Waals surface area contributed by atoms with Crippen molar-refractivity contribution in [1.82, 2.24) is 4.90 Å². The molecule has 28 heavy (non-hydrogen) atoms. The maximum absolute atomic E-state index is 12.3. The number of anilines is 1. The van der Waals surface area contributed by atoms with Crippen LogP contribution < -0.4 is 4.90 Å². The van der Waals surface area contributed by atoms with Gasteiger partial charge in [0.15, 0.2) is 0 Å². The average Bonchev–Trinajstić information content (AvgIpc) is 2.59. The molecule has 5 nitrogen and oxygen atoms in total. The Morgan fingerprint density at radius 3 is 2.32 bits per heavy atom. The van der Waals surface area contributed by atoms with Gasteiger partial charge in [0.1, 0.15) is 5.60 Å². The van der Waals surface area contributed by atoms with Crippen molar-refractivity contribution in [2.45, 2.75) is 60.0 Å². The van der Waals surface area contributed by atoms with E-state index in [2.05, 4.69) is 54.9 Å². The highest BCUT2D eigenvalue weighted by atomic mass is 16.6. The minimum absolute atomic E-state index is 0.221. The van der Waals surface area contributed by atoms with Gasteiger partial charge in [-0.1, -0.05) is 39.0 Å². The number of ether oxygens (including phenoxy) is 1. The molecular weight excluding hydrogens is 350 g/mol. The Hall–Kier alpha value is -2.04. The maximum atomic E-state index is 12.3. The summed E-state index contributed by atoms with van der Waals surface area (Å²) in [5, 5.41) is 0. The number of nitrogens with zero attached hydrogens (tertiary/aromatic N) is 3. The molecule has 1 aromatic carbocycles. The van der Waals surface area contributed by atoms with E-state index in [-0.39, 0.29) is 6.09 Å². The molecule has 1 aliphatic rings. The SMILES string of the molecule is CC(C)(C)CCC/N=C/c1ccccc1N1CCN(C(=O)OC(C)(C)C)CC1. The molecule has 0 aliphatic carbocycles. The summed E-state index contributed by atoms with van der Waals surface area (Å²) >= 11 is 0. The molecule has 0 atom stereocenters. The Kier molecular flexibility index (Phi) is 7.50. The van der Waals surface area contributed by atoms with Crippen LogP contribution in [0.2, 0.25) is 0 Å². The zero-order valence-corrected chi connectivity index (χ0v) is 18.5. The molecule has 0 aromatic heterocycles. The number of hydrogen-bond acceptors (Lipinski definition) is 4. The van der Waals surface area contributed by atoms with E-state index in [0.717, 1.165) is 31.6 Å². The van der Waals surface area contributed by atoms with Crippen LogP contribution >= 0.6 is 0 Å². The van der Waals surface area contributed by atoms with E-state index < -0.39 is 5.60 Å². The second-order valence-corrected chi connectivity index (χ2v) is 9.71. The fourth-order valence-electron chi connectivity index (χ4n) is 3.20. The molecule has 1 amide bonds. The number of hydrogen-bond donors (Lipinski definition) is 0. The van der Waals surface area contributed by atoms with E-state index in [4.69, 9.17) is 4.74 Å². The van der Waals surface area contributed by atoms with Gasteiger partial charge in [0.05, 0.1) is 0 Å². The highest BCUT2D eigenvalue weighted by Crippen LogP contribution is 2.22. The van der Waals surface area contributed by atoms with Crippen LogP contribution in [0.4, 0.5) is 10.5 Å². The van der Waals surface area contributed by atoms with Crippen LogP contribution in [-0.4, -0.2) is 55.5 Å². The van der Waals surface area contributed by atoms with E-state index in [1.165, 1.54) is 12.1 Å². The lowest BCUT2D eigenvalue weighted by molar-refractivity contribution is 0.0240. The fraction of sp³-hybridized carbons (Fsp3) is 0.652. The Morgan fingerprint density at radius 2 is 1.71 bits per heavy atom. The van der Waals surface area contributed by atoms with Crippen LogP contribution in [-0.2, 0) is 4.74 Å². The predicted molar refractivity (Wildman–Crippen MR) is 118 cm³/mol. The highest BCUT2D eigenvalue weighted by Gasteiger charge is 2.26. The summed E-state index contributed by atoms with van der Waals surface area (Å²) in [7, 11) is 0. The van der Waals surface area contributed by atoms with Crippen LogP contribution in [0.15, 0.2) is 29.3 Å². The van der Waals surface area contributed by atoms with Crippen LogP contribution in [0.3, 0.4) is 0 Å². The molecule has 1 aromatic rings. The lowest BCUT2D eigenvalue weighted by Crippen LogP contribution is -2.50.